The lowest BCUT2D eigenvalue weighted by molar-refractivity contribution is 0.102. The predicted molar refractivity (Wildman–Crippen MR) is 132 cm³/mol. The lowest BCUT2D eigenvalue weighted by Crippen LogP contribution is -2.22. The first kappa shape index (κ1) is 23.1. The zero-order chi connectivity index (χ0) is 24.5. The number of ether oxygens (including phenoxy) is 1. The summed E-state index contributed by atoms with van der Waals surface area (Å²) in [4.78, 5) is 25.4. The maximum absolute atomic E-state index is 13.1. The van der Waals surface area contributed by atoms with Gasteiger partial charge in [-0.05, 0) is 42.8 Å². The van der Waals surface area contributed by atoms with E-state index in [9.17, 15) is 18.0 Å². The van der Waals surface area contributed by atoms with E-state index in [1.54, 1.807) is 74.6 Å². The number of nitrogens with zero attached hydrogens (tertiary/aromatic N) is 1. The lowest BCUT2D eigenvalue weighted by atomic mass is 10.1. The van der Waals surface area contributed by atoms with Gasteiger partial charge in [0, 0.05) is 24.2 Å². The minimum Gasteiger partial charge on any atom is -0.495 e. The summed E-state index contributed by atoms with van der Waals surface area (Å²) < 4.78 is 35.5. The largest absolute Gasteiger partial charge is 0.495 e. The number of hydrogen-bond acceptors (Lipinski definition) is 5. The molecular formula is C25H23N3O5S. The number of aromatic nitrogens is 1. The van der Waals surface area contributed by atoms with Gasteiger partial charge in [-0.25, -0.2) is 8.42 Å². The second-order valence-corrected chi connectivity index (χ2v) is 9.36. The van der Waals surface area contributed by atoms with Gasteiger partial charge in [-0.15, -0.1) is 0 Å². The Hall–Kier alpha value is -4.11. The first-order valence-corrected chi connectivity index (χ1v) is 11.9. The summed E-state index contributed by atoms with van der Waals surface area (Å²) in [6.07, 6.45) is 0. The number of carbonyl (C=O) groups is 1. The Balaban J connectivity index is 1.68. The molecule has 34 heavy (non-hydrogen) atoms. The molecule has 8 nitrogen and oxygen atoms in total. The van der Waals surface area contributed by atoms with Crippen LogP contribution < -0.4 is 20.3 Å². The van der Waals surface area contributed by atoms with Gasteiger partial charge >= 0.3 is 0 Å². The summed E-state index contributed by atoms with van der Waals surface area (Å²) in [6.45, 7) is 1.66. The van der Waals surface area contributed by atoms with E-state index in [-0.39, 0.29) is 21.7 Å². The number of pyridine rings is 1. The Bertz CT molecular complexity index is 1580. The Morgan fingerprint density at radius 1 is 0.971 bits per heavy atom. The summed E-state index contributed by atoms with van der Waals surface area (Å²) in [5.74, 6) is -0.135. The number of amides is 1. The van der Waals surface area contributed by atoms with Gasteiger partial charge in [0.1, 0.15) is 5.75 Å². The van der Waals surface area contributed by atoms with Crippen molar-refractivity contribution in [3.8, 4) is 5.75 Å². The third kappa shape index (κ3) is 4.38. The smallest absolute Gasteiger partial charge is 0.262 e. The highest BCUT2D eigenvalue weighted by molar-refractivity contribution is 7.92. The molecule has 1 amide bonds. The molecule has 0 atom stereocenters. The number of hydrogen-bond donors (Lipinski definition) is 2. The van der Waals surface area contributed by atoms with Gasteiger partial charge in [0.2, 0.25) is 0 Å². The van der Waals surface area contributed by atoms with E-state index in [1.165, 1.54) is 23.8 Å². The van der Waals surface area contributed by atoms with Crippen molar-refractivity contribution in [2.24, 2.45) is 7.05 Å². The number of benzene rings is 3. The maximum Gasteiger partial charge on any atom is 0.262 e. The van der Waals surface area contributed by atoms with Gasteiger partial charge in [0.25, 0.3) is 21.5 Å². The average Bonchev–Trinajstić information content (AvgIpc) is 2.82. The summed E-state index contributed by atoms with van der Waals surface area (Å²) in [5.41, 5.74) is 1.58. The highest BCUT2D eigenvalue weighted by Crippen LogP contribution is 2.28. The standard InChI is InChI=1S/C25H23N3O5S/c1-16-12-13-17(14-23(16)34(31,32)27-20-9-5-7-11-22(20)33-3)26-25(30)19-15-24(29)28(2)21-10-6-4-8-18(19)21/h4-15,27H,1-3H3,(H,26,30). The van der Waals surface area contributed by atoms with Crippen molar-refractivity contribution < 1.29 is 17.9 Å². The maximum atomic E-state index is 13.1. The van der Waals surface area contributed by atoms with Crippen LogP contribution >= 0.6 is 0 Å². The van der Waals surface area contributed by atoms with Crippen LogP contribution in [0.2, 0.25) is 0 Å². The van der Waals surface area contributed by atoms with Gasteiger partial charge < -0.3 is 14.6 Å². The fourth-order valence-corrected chi connectivity index (χ4v) is 5.04. The molecule has 4 aromatic rings. The van der Waals surface area contributed by atoms with Crippen LogP contribution in [0, 0.1) is 6.92 Å². The van der Waals surface area contributed by atoms with Crippen molar-refractivity contribution >= 4 is 38.2 Å². The third-order valence-electron chi connectivity index (χ3n) is 5.49. The fraction of sp³-hybridized carbons (Fsp3) is 0.120. The Labute approximate surface area is 196 Å². The van der Waals surface area contributed by atoms with E-state index in [4.69, 9.17) is 4.74 Å². The number of fused-ring (bicyclic) bond motifs is 1. The molecule has 0 saturated heterocycles. The van der Waals surface area contributed by atoms with Crippen LogP contribution in [0.3, 0.4) is 0 Å². The van der Waals surface area contributed by atoms with E-state index < -0.39 is 15.9 Å². The number of methoxy groups -OCH3 is 1. The third-order valence-corrected chi connectivity index (χ3v) is 6.99. The Morgan fingerprint density at radius 2 is 1.68 bits per heavy atom. The molecule has 0 bridgehead atoms. The van der Waals surface area contributed by atoms with Crippen LogP contribution in [0.5, 0.6) is 5.75 Å². The molecule has 0 fully saturated rings. The SMILES string of the molecule is COc1ccccc1NS(=O)(=O)c1cc(NC(=O)c2cc(=O)n(C)c3ccccc23)ccc1C. The monoisotopic (exact) mass is 477 g/mol. The summed E-state index contributed by atoms with van der Waals surface area (Å²) in [5, 5.41) is 3.33. The molecule has 4 rings (SSSR count). The van der Waals surface area contributed by atoms with E-state index in [0.29, 0.717) is 27.9 Å². The molecule has 9 heteroatoms. The molecule has 3 aromatic carbocycles. The first-order chi connectivity index (χ1) is 16.2. The molecule has 1 aromatic heterocycles. The fourth-order valence-electron chi connectivity index (χ4n) is 3.69. The summed E-state index contributed by atoms with van der Waals surface area (Å²) in [6, 6.07) is 19.6. The summed E-state index contributed by atoms with van der Waals surface area (Å²) in [7, 11) is -0.891. The number of para-hydroxylation sites is 3. The summed E-state index contributed by atoms with van der Waals surface area (Å²) >= 11 is 0. The zero-order valence-electron chi connectivity index (χ0n) is 18.8. The molecule has 0 spiro atoms. The van der Waals surface area contributed by atoms with Crippen LogP contribution in [0.15, 0.2) is 82.5 Å². The van der Waals surface area contributed by atoms with E-state index >= 15 is 0 Å². The average molecular weight is 478 g/mol. The first-order valence-electron chi connectivity index (χ1n) is 10.4. The van der Waals surface area contributed by atoms with Crippen LogP contribution in [0.4, 0.5) is 11.4 Å². The van der Waals surface area contributed by atoms with Gasteiger partial charge in [-0.1, -0.05) is 36.4 Å². The van der Waals surface area contributed by atoms with Gasteiger partial charge in [0.15, 0.2) is 0 Å². The van der Waals surface area contributed by atoms with Crippen LogP contribution in [-0.2, 0) is 17.1 Å². The van der Waals surface area contributed by atoms with Crippen LogP contribution in [-0.4, -0.2) is 26.0 Å². The highest BCUT2D eigenvalue weighted by Gasteiger charge is 2.20. The molecule has 1 heterocycles. The highest BCUT2D eigenvalue weighted by atomic mass is 32.2. The van der Waals surface area contributed by atoms with Crippen molar-refractivity contribution in [3.05, 3.63) is 94.3 Å². The number of aryl methyl sites for hydroxylation is 2. The normalized spacial score (nSPS) is 11.3. The minimum atomic E-state index is -3.98. The minimum absolute atomic E-state index is 0.00467. The molecule has 0 aliphatic rings. The van der Waals surface area contributed by atoms with Crippen molar-refractivity contribution in [1.82, 2.24) is 4.57 Å². The van der Waals surface area contributed by atoms with Crippen molar-refractivity contribution in [2.45, 2.75) is 11.8 Å². The van der Waals surface area contributed by atoms with Crippen molar-refractivity contribution in [1.29, 1.82) is 0 Å². The van der Waals surface area contributed by atoms with Gasteiger partial charge in [-0.3, -0.25) is 14.3 Å². The van der Waals surface area contributed by atoms with Crippen LogP contribution in [0.1, 0.15) is 15.9 Å². The quantitative estimate of drug-likeness (QED) is 0.438. The zero-order valence-corrected chi connectivity index (χ0v) is 19.6. The van der Waals surface area contributed by atoms with E-state index in [1.807, 2.05) is 0 Å². The molecule has 2 N–H and O–H groups in total. The second kappa shape index (κ2) is 9.03. The van der Waals surface area contributed by atoms with Crippen molar-refractivity contribution in [3.63, 3.8) is 0 Å². The van der Waals surface area contributed by atoms with E-state index in [2.05, 4.69) is 10.0 Å². The number of rotatable bonds is 6. The molecular weight excluding hydrogens is 454 g/mol. The molecule has 0 aliphatic heterocycles. The predicted octanol–water partition coefficient (Wildman–Crippen LogP) is 3.91. The topological polar surface area (TPSA) is 106 Å². The number of carbonyl (C=O) groups excluding carboxylic acids is 1. The Morgan fingerprint density at radius 3 is 2.44 bits per heavy atom. The van der Waals surface area contributed by atoms with Crippen LogP contribution in [0.25, 0.3) is 10.9 Å². The second-order valence-electron chi connectivity index (χ2n) is 7.71. The molecule has 174 valence electrons. The number of nitrogens with one attached hydrogen (secondary N) is 2. The van der Waals surface area contributed by atoms with Gasteiger partial charge in [-0.2, -0.15) is 0 Å². The lowest BCUT2D eigenvalue weighted by Gasteiger charge is -2.15. The number of sulfonamides is 1. The molecule has 0 radical (unpaired) electrons. The molecule has 0 saturated carbocycles. The van der Waals surface area contributed by atoms with Crippen molar-refractivity contribution in [2.75, 3.05) is 17.1 Å². The number of anilines is 2. The Kier molecular flexibility index (Phi) is 6.12. The van der Waals surface area contributed by atoms with E-state index in [0.717, 1.165) is 0 Å². The molecule has 0 aliphatic carbocycles. The van der Waals surface area contributed by atoms with Gasteiger partial charge in [0.05, 0.1) is 28.8 Å². The molecule has 0 unspecified atom stereocenters.